The Balaban J connectivity index is 1.62. The summed E-state index contributed by atoms with van der Waals surface area (Å²) in [5.41, 5.74) is 2.95. The molecule has 1 aliphatic heterocycles. The lowest BCUT2D eigenvalue weighted by Crippen LogP contribution is -2.36. The van der Waals surface area contributed by atoms with Gasteiger partial charge in [0.15, 0.2) is 0 Å². The minimum absolute atomic E-state index is 0.0914. The standard InChI is InChI=1S/C23H24N2O3/c1-23(2)14-17(13-21(26)28-23)15-9-10-19-16(11-15)12-20(24-19)22(27)25(3)18-7-5-4-6-8-18/h4-12,17,24H,13-14H2,1-3H3/t17-/m0/s1. The third kappa shape index (κ3) is 3.52. The van der Waals surface area contributed by atoms with Crippen LogP contribution in [0.1, 0.15) is 48.7 Å². The van der Waals surface area contributed by atoms with Crippen molar-refractivity contribution in [2.75, 3.05) is 11.9 Å². The van der Waals surface area contributed by atoms with Crippen molar-refractivity contribution in [3.8, 4) is 0 Å². The van der Waals surface area contributed by atoms with Gasteiger partial charge in [-0.05, 0) is 62.1 Å². The summed E-state index contributed by atoms with van der Waals surface area (Å²) in [5.74, 6) is -0.121. The maximum Gasteiger partial charge on any atom is 0.306 e. The number of aromatic nitrogens is 1. The summed E-state index contributed by atoms with van der Waals surface area (Å²) in [5, 5.41) is 0.971. The predicted molar refractivity (Wildman–Crippen MR) is 110 cm³/mol. The number of anilines is 1. The molecule has 1 aliphatic rings. The molecule has 1 N–H and O–H groups in total. The van der Waals surface area contributed by atoms with Gasteiger partial charge in [-0.25, -0.2) is 0 Å². The molecule has 2 heterocycles. The van der Waals surface area contributed by atoms with Crippen molar-refractivity contribution in [3.05, 3.63) is 65.9 Å². The molecule has 1 saturated heterocycles. The van der Waals surface area contributed by atoms with Crippen LogP contribution in [0.3, 0.4) is 0 Å². The number of rotatable bonds is 3. The second-order valence-corrected chi connectivity index (χ2v) is 8.07. The van der Waals surface area contributed by atoms with Crippen molar-refractivity contribution < 1.29 is 14.3 Å². The van der Waals surface area contributed by atoms with Gasteiger partial charge < -0.3 is 14.6 Å². The average molecular weight is 376 g/mol. The van der Waals surface area contributed by atoms with Gasteiger partial charge in [-0.1, -0.05) is 24.3 Å². The lowest BCUT2D eigenvalue weighted by molar-refractivity contribution is -0.164. The van der Waals surface area contributed by atoms with Crippen LogP contribution in [-0.2, 0) is 9.53 Å². The molecule has 0 spiro atoms. The quantitative estimate of drug-likeness (QED) is 0.677. The monoisotopic (exact) mass is 376 g/mol. The first-order chi connectivity index (χ1) is 13.3. The molecule has 0 radical (unpaired) electrons. The lowest BCUT2D eigenvalue weighted by atomic mass is 9.83. The van der Waals surface area contributed by atoms with Gasteiger partial charge in [0.2, 0.25) is 0 Å². The van der Waals surface area contributed by atoms with Gasteiger partial charge in [0, 0.05) is 23.6 Å². The molecule has 0 unspecified atom stereocenters. The first kappa shape index (κ1) is 18.3. The summed E-state index contributed by atoms with van der Waals surface area (Å²) in [4.78, 5) is 29.7. The zero-order valence-corrected chi connectivity index (χ0v) is 16.4. The van der Waals surface area contributed by atoms with Crippen LogP contribution in [0.15, 0.2) is 54.6 Å². The molecule has 0 saturated carbocycles. The van der Waals surface area contributed by atoms with Gasteiger partial charge in [-0.3, -0.25) is 9.59 Å². The number of H-pyrrole nitrogens is 1. The average Bonchev–Trinajstić information content (AvgIpc) is 3.09. The molecule has 0 bridgehead atoms. The Kier molecular flexibility index (Phi) is 4.46. The molecule has 1 atom stereocenters. The fourth-order valence-corrected chi connectivity index (χ4v) is 3.96. The number of esters is 1. The number of para-hydroxylation sites is 1. The highest BCUT2D eigenvalue weighted by molar-refractivity contribution is 6.07. The molecule has 3 aromatic rings. The van der Waals surface area contributed by atoms with Gasteiger partial charge in [-0.15, -0.1) is 0 Å². The molecule has 1 amide bonds. The van der Waals surface area contributed by atoms with Crippen LogP contribution >= 0.6 is 0 Å². The Hall–Kier alpha value is -3.08. The predicted octanol–water partition coefficient (Wildman–Crippen LogP) is 4.64. The van der Waals surface area contributed by atoms with E-state index in [2.05, 4.69) is 11.1 Å². The second kappa shape index (κ2) is 6.82. The van der Waals surface area contributed by atoms with E-state index in [0.717, 1.165) is 28.6 Å². The van der Waals surface area contributed by atoms with E-state index in [4.69, 9.17) is 4.74 Å². The number of aromatic amines is 1. The Morgan fingerprint density at radius 2 is 1.89 bits per heavy atom. The fraction of sp³-hybridized carbons (Fsp3) is 0.304. The van der Waals surface area contributed by atoms with Crippen molar-refractivity contribution in [1.82, 2.24) is 4.98 Å². The number of cyclic esters (lactones) is 1. The van der Waals surface area contributed by atoms with Crippen molar-refractivity contribution in [3.63, 3.8) is 0 Å². The Labute approximate surface area is 164 Å². The van der Waals surface area contributed by atoms with E-state index in [0.29, 0.717) is 12.1 Å². The maximum atomic E-state index is 12.9. The SMILES string of the molecule is CN(C(=O)c1cc2cc([C@H]3CC(=O)OC(C)(C)C3)ccc2[nH]1)c1ccccc1. The molecular formula is C23H24N2O3. The van der Waals surface area contributed by atoms with Gasteiger partial charge >= 0.3 is 5.97 Å². The molecular weight excluding hydrogens is 352 g/mol. The number of ether oxygens (including phenoxy) is 1. The number of nitrogens with zero attached hydrogens (tertiary/aromatic N) is 1. The summed E-state index contributed by atoms with van der Waals surface area (Å²) in [6.45, 7) is 3.89. The van der Waals surface area contributed by atoms with E-state index in [1.165, 1.54) is 0 Å². The van der Waals surface area contributed by atoms with Gasteiger partial charge in [0.05, 0.1) is 6.42 Å². The zero-order valence-electron chi connectivity index (χ0n) is 16.4. The highest BCUT2D eigenvalue weighted by Crippen LogP contribution is 2.37. The topological polar surface area (TPSA) is 62.4 Å². The Morgan fingerprint density at radius 3 is 2.61 bits per heavy atom. The molecule has 5 nitrogen and oxygen atoms in total. The van der Waals surface area contributed by atoms with E-state index in [1.54, 1.807) is 11.9 Å². The van der Waals surface area contributed by atoms with E-state index < -0.39 is 5.60 Å². The van der Waals surface area contributed by atoms with Crippen LogP contribution in [0.2, 0.25) is 0 Å². The minimum Gasteiger partial charge on any atom is -0.460 e. The van der Waals surface area contributed by atoms with Crippen LogP contribution in [-0.4, -0.2) is 29.5 Å². The number of benzene rings is 2. The summed E-state index contributed by atoms with van der Waals surface area (Å²) in [6, 6.07) is 17.5. The highest BCUT2D eigenvalue weighted by atomic mass is 16.6. The largest absolute Gasteiger partial charge is 0.460 e. The van der Waals surface area contributed by atoms with Gasteiger partial charge in [0.1, 0.15) is 11.3 Å². The summed E-state index contributed by atoms with van der Waals surface area (Å²) in [6.07, 6.45) is 1.18. The second-order valence-electron chi connectivity index (χ2n) is 8.07. The Morgan fingerprint density at radius 1 is 1.14 bits per heavy atom. The number of carbonyl (C=O) groups is 2. The number of hydrogen-bond donors (Lipinski definition) is 1. The van der Waals surface area contributed by atoms with Crippen molar-refractivity contribution in [1.29, 1.82) is 0 Å². The lowest BCUT2D eigenvalue weighted by Gasteiger charge is -2.35. The third-order valence-electron chi connectivity index (χ3n) is 5.34. The molecule has 1 fully saturated rings. The molecule has 0 aliphatic carbocycles. The highest BCUT2D eigenvalue weighted by Gasteiger charge is 2.35. The van der Waals surface area contributed by atoms with Crippen LogP contribution in [0, 0.1) is 0 Å². The smallest absolute Gasteiger partial charge is 0.306 e. The summed E-state index contributed by atoms with van der Waals surface area (Å²) in [7, 11) is 1.77. The van der Waals surface area contributed by atoms with E-state index in [-0.39, 0.29) is 17.8 Å². The first-order valence-electron chi connectivity index (χ1n) is 9.50. The van der Waals surface area contributed by atoms with Crippen molar-refractivity contribution in [2.24, 2.45) is 0 Å². The van der Waals surface area contributed by atoms with Crippen LogP contribution in [0.4, 0.5) is 5.69 Å². The van der Waals surface area contributed by atoms with Gasteiger partial charge in [-0.2, -0.15) is 0 Å². The molecule has 5 heteroatoms. The number of carbonyl (C=O) groups excluding carboxylic acids is 2. The van der Waals surface area contributed by atoms with Crippen molar-refractivity contribution in [2.45, 2.75) is 38.2 Å². The normalized spacial score (nSPS) is 18.7. The summed E-state index contributed by atoms with van der Waals surface area (Å²) < 4.78 is 5.42. The number of amides is 1. The number of fused-ring (bicyclic) bond motifs is 1. The third-order valence-corrected chi connectivity index (χ3v) is 5.34. The first-order valence-corrected chi connectivity index (χ1v) is 9.50. The van der Waals surface area contributed by atoms with E-state index >= 15 is 0 Å². The minimum atomic E-state index is -0.452. The van der Waals surface area contributed by atoms with Crippen LogP contribution < -0.4 is 4.90 Å². The fourth-order valence-electron chi connectivity index (χ4n) is 3.96. The molecule has 1 aromatic heterocycles. The van der Waals surface area contributed by atoms with Crippen LogP contribution in [0.5, 0.6) is 0 Å². The number of nitrogens with one attached hydrogen (secondary N) is 1. The van der Waals surface area contributed by atoms with Gasteiger partial charge in [0.25, 0.3) is 5.91 Å². The molecule has 144 valence electrons. The van der Waals surface area contributed by atoms with E-state index in [1.807, 2.05) is 62.4 Å². The zero-order chi connectivity index (χ0) is 19.9. The summed E-state index contributed by atoms with van der Waals surface area (Å²) >= 11 is 0. The number of hydrogen-bond acceptors (Lipinski definition) is 3. The molecule has 28 heavy (non-hydrogen) atoms. The maximum absolute atomic E-state index is 12.9. The van der Waals surface area contributed by atoms with Crippen molar-refractivity contribution >= 4 is 28.5 Å². The van der Waals surface area contributed by atoms with E-state index in [9.17, 15) is 9.59 Å². The Bertz CT molecular complexity index is 1040. The molecule has 2 aromatic carbocycles. The van der Waals surface area contributed by atoms with Crippen LogP contribution in [0.25, 0.3) is 10.9 Å². The molecule has 4 rings (SSSR count).